The first-order chi connectivity index (χ1) is 7.56. The highest BCUT2D eigenvalue weighted by Crippen LogP contribution is 2.39. The Kier molecular flexibility index (Phi) is 2.99. The van der Waals surface area contributed by atoms with Crippen LogP contribution in [0.3, 0.4) is 0 Å². The number of rotatable bonds is 4. The van der Waals surface area contributed by atoms with Crippen LogP contribution in [0.25, 0.3) is 0 Å². The molecule has 16 heavy (non-hydrogen) atoms. The van der Waals surface area contributed by atoms with E-state index >= 15 is 0 Å². The van der Waals surface area contributed by atoms with Crippen molar-refractivity contribution in [3.05, 3.63) is 38.3 Å². The summed E-state index contributed by atoms with van der Waals surface area (Å²) < 4.78 is 0.538. The summed E-state index contributed by atoms with van der Waals surface area (Å²) in [5.41, 5.74) is 1.34. The van der Waals surface area contributed by atoms with Gasteiger partial charge in [0.05, 0.1) is 9.40 Å². The first-order valence-corrected chi connectivity index (χ1v) is 5.97. The van der Waals surface area contributed by atoms with Crippen molar-refractivity contribution in [3.63, 3.8) is 0 Å². The maximum atomic E-state index is 10.8. The monoisotopic (exact) mass is 284 g/mol. The molecular formula is C11H13BrN2O2. The molecule has 5 heteroatoms. The van der Waals surface area contributed by atoms with Crippen molar-refractivity contribution < 1.29 is 4.92 Å². The largest absolute Gasteiger partial charge is 0.314 e. The molecule has 1 aliphatic carbocycles. The number of nitro benzene ring substituents is 1. The second-order valence-electron chi connectivity index (χ2n) is 4.25. The van der Waals surface area contributed by atoms with Crippen molar-refractivity contribution in [1.82, 2.24) is 5.32 Å². The normalized spacial score (nSPS) is 17.1. The fourth-order valence-electron chi connectivity index (χ4n) is 1.86. The lowest BCUT2D eigenvalue weighted by molar-refractivity contribution is -0.385. The summed E-state index contributed by atoms with van der Waals surface area (Å²) in [6.07, 6.45) is 3.15. The van der Waals surface area contributed by atoms with Crippen molar-refractivity contribution >= 4 is 21.6 Å². The van der Waals surface area contributed by atoms with Gasteiger partial charge in [-0.05, 0) is 53.9 Å². The van der Waals surface area contributed by atoms with Crippen LogP contribution in [0.15, 0.2) is 22.7 Å². The van der Waals surface area contributed by atoms with Crippen LogP contribution in [0.4, 0.5) is 5.69 Å². The molecule has 1 aromatic carbocycles. The van der Waals surface area contributed by atoms with Crippen molar-refractivity contribution in [3.8, 4) is 0 Å². The molecule has 0 radical (unpaired) electrons. The van der Waals surface area contributed by atoms with E-state index < -0.39 is 0 Å². The number of likely N-dealkylation sites (N-methyl/N-ethyl adjacent to an activating group) is 1. The van der Waals surface area contributed by atoms with Crippen LogP contribution in [0.1, 0.15) is 18.4 Å². The van der Waals surface area contributed by atoms with E-state index in [-0.39, 0.29) is 16.1 Å². The molecule has 0 atom stereocenters. The maximum absolute atomic E-state index is 10.8. The van der Waals surface area contributed by atoms with E-state index in [0.717, 1.165) is 24.8 Å². The molecule has 1 fully saturated rings. The molecule has 0 heterocycles. The molecule has 0 unspecified atom stereocenters. The Balaban J connectivity index is 2.23. The standard InChI is InChI=1S/C11H13BrN2O2/c1-13-11(4-5-11)7-8-2-3-9(12)10(6-8)14(15)16/h2-3,6,13H,4-5,7H2,1H3. The van der Waals surface area contributed by atoms with Gasteiger partial charge >= 0.3 is 0 Å². The number of hydrogen-bond acceptors (Lipinski definition) is 3. The molecule has 1 aromatic rings. The summed E-state index contributed by atoms with van der Waals surface area (Å²) in [4.78, 5) is 10.4. The average molecular weight is 285 g/mol. The quantitative estimate of drug-likeness (QED) is 0.683. The van der Waals surface area contributed by atoms with E-state index in [2.05, 4.69) is 21.2 Å². The highest BCUT2D eigenvalue weighted by atomic mass is 79.9. The molecule has 86 valence electrons. The lowest BCUT2D eigenvalue weighted by atomic mass is 10.0. The second-order valence-corrected chi connectivity index (χ2v) is 5.10. The lowest BCUT2D eigenvalue weighted by Crippen LogP contribution is -2.29. The van der Waals surface area contributed by atoms with Crippen molar-refractivity contribution in [1.29, 1.82) is 0 Å². The highest BCUT2D eigenvalue weighted by Gasteiger charge is 2.40. The lowest BCUT2D eigenvalue weighted by Gasteiger charge is -2.13. The second kappa shape index (κ2) is 4.14. The van der Waals surface area contributed by atoms with Crippen LogP contribution in [0.5, 0.6) is 0 Å². The number of nitrogens with one attached hydrogen (secondary N) is 1. The minimum atomic E-state index is -0.355. The van der Waals surface area contributed by atoms with Crippen LogP contribution in [-0.4, -0.2) is 17.5 Å². The Bertz CT molecular complexity index is 430. The summed E-state index contributed by atoms with van der Waals surface area (Å²) in [6, 6.07) is 5.34. The maximum Gasteiger partial charge on any atom is 0.283 e. The number of nitrogens with zero attached hydrogens (tertiary/aromatic N) is 1. The first kappa shape index (κ1) is 11.5. The number of halogens is 1. The number of nitro groups is 1. The molecular weight excluding hydrogens is 272 g/mol. The molecule has 2 rings (SSSR count). The topological polar surface area (TPSA) is 55.2 Å². The number of hydrogen-bond donors (Lipinski definition) is 1. The molecule has 0 aliphatic heterocycles. The summed E-state index contributed by atoms with van der Waals surface area (Å²) in [5.74, 6) is 0. The van der Waals surface area contributed by atoms with Crippen LogP contribution >= 0.6 is 15.9 Å². The summed E-state index contributed by atoms with van der Waals surface area (Å²) in [6.45, 7) is 0. The fraction of sp³-hybridized carbons (Fsp3) is 0.455. The molecule has 0 aromatic heterocycles. The van der Waals surface area contributed by atoms with E-state index in [0.29, 0.717) is 4.47 Å². The van der Waals surface area contributed by atoms with Gasteiger partial charge in [-0.15, -0.1) is 0 Å². The van der Waals surface area contributed by atoms with E-state index in [4.69, 9.17) is 0 Å². The average Bonchev–Trinajstić information content (AvgIpc) is 3.01. The SMILES string of the molecule is CNC1(Cc2ccc(Br)c([N+](=O)[O-])c2)CC1. The molecule has 0 saturated heterocycles. The van der Waals surface area contributed by atoms with E-state index in [1.54, 1.807) is 12.1 Å². The van der Waals surface area contributed by atoms with Crippen molar-refractivity contribution in [2.24, 2.45) is 0 Å². The van der Waals surface area contributed by atoms with Gasteiger partial charge in [-0.3, -0.25) is 10.1 Å². The Hall–Kier alpha value is -0.940. The summed E-state index contributed by atoms with van der Waals surface area (Å²) >= 11 is 3.19. The van der Waals surface area contributed by atoms with Gasteiger partial charge in [-0.1, -0.05) is 6.07 Å². The van der Waals surface area contributed by atoms with Gasteiger partial charge in [0.1, 0.15) is 0 Å². The van der Waals surface area contributed by atoms with Crippen molar-refractivity contribution in [2.45, 2.75) is 24.8 Å². The predicted octanol–water partition coefficient (Wildman–Crippen LogP) is 2.65. The first-order valence-electron chi connectivity index (χ1n) is 5.18. The Morgan fingerprint density at radius 1 is 1.56 bits per heavy atom. The van der Waals surface area contributed by atoms with Gasteiger partial charge < -0.3 is 5.32 Å². The highest BCUT2D eigenvalue weighted by molar-refractivity contribution is 9.10. The van der Waals surface area contributed by atoms with Crippen LogP contribution in [-0.2, 0) is 6.42 Å². The molecule has 0 bridgehead atoms. The minimum absolute atomic E-state index is 0.143. The fourth-order valence-corrected chi connectivity index (χ4v) is 2.26. The van der Waals surface area contributed by atoms with Gasteiger partial charge in [0, 0.05) is 11.6 Å². The van der Waals surface area contributed by atoms with Gasteiger partial charge in [-0.25, -0.2) is 0 Å². The van der Waals surface area contributed by atoms with Gasteiger partial charge in [0.15, 0.2) is 0 Å². The zero-order chi connectivity index (χ0) is 11.8. The van der Waals surface area contributed by atoms with Crippen LogP contribution in [0, 0.1) is 10.1 Å². The van der Waals surface area contributed by atoms with Gasteiger partial charge in [0.2, 0.25) is 0 Å². The molecule has 0 spiro atoms. The van der Waals surface area contributed by atoms with E-state index in [9.17, 15) is 10.1 Å². The summed E-state index contributed by atoms with van der Waals surface area (Å²) in [5, 5.41) is 14.1. The molecule has 1 saturated carbocycles. The van der Waals surface area contributed by atoms with Crippen LogP contribution in [0.2, 0.25) is 0 Å². The van der Waals surface area contributed by atoms with Crippen molar-refractivity contribution in [2.75, 3.05) is 7.05 Å². The number of benzene rings is 1. The molecule has 1 N–H and O–H groups in total. The zero-order valence-electron chi connectivity index (χ0n) is 9.00. The molecule has 0 amide bonds. The van der Waals surface area contributed by atoms with Gasteiger partial charge in [-0.2, -0.15) is 0 Å². The van der Waals surface area contributed by atoms with Gasteiger partial charge in [0.25, 0.3) is 5.69 Å². The third kappa shape index (κ3) is 2.25. The van der Waals surface area contributed by atoms with E-state index in [1.165, 1.54) is 0 Å². The Morgan fingerprint density at radius 2 is 2.25 bits per heavy atom. The smallest absolute Gasteiger partial charge is 0.283 e. The Labute approximate surface area is 102 Å². The summed E-state index contributed by atoms with van der Waals surface area (Å²) in [7, 11) is 1.94. The minimum Gasteiger partial charge on any atom is -0.314 e. The molecule has 4 nitrogen and oxygen atoms in total. The predicted molar refractivity (Wildman–Crippen MR) is 65.5 cm³/mol. The zero-order valence-corrected chi connectivity index (χ0v) is 10.6. The molecule has 1 aliphatic rings. The Morgan fingerprint density at radius 3 is 2.75 bits per heavy atom. The third-order valence-electron chi connectivity index (χ3n) is 3.13. The third-order valence-corrected chi connectivity index (χ3v) is 3.80. The van der Waals surface area contributed by atoms with Crippen LogP contribution < -0.4 is 5.32 Å². The van der Waals surface area contributed by atoms with E-state index in [1.807, 2.05) is 13.1 Å².